The number of carbonyl (C=O) groups is 1. The van der Waals surface area contributed by atoms with Crippen molar-refractivity contribution in [2.75, 3.05) is 27.3 Å². The van der Waals surface area contributed by atoms with Gasteiger partial charge in [0.2, 0.25) is 0 Å². The third-order valence-electron chi connectivity index (χ3n) is 6.86. The topological polar surface area (TPSA) is 73.7 Å². The maximum Gasteiger partial charge on any atom is 0.255 e. The van der Waals surface area contributed by atoms with Crippen molar-refractivity contribution in [3.8, 4) is 22.9 Å². The van der Waals surface area contributed by atoms with E-state index in [1.54, 1.807) is 4.57 Å². The minimum atomic E-state index is -0.188. The molecule has 2 aliphatic heterocycles. The van der Waals surface area contributed by atoms with Crippen LogP contribution in [0.5, 0.6) is 11.5 Å². The molecule has 0 amide bonds. The van der Waals surface area contributed by atoms with Crippen LogP contribution in [0.4, 0.5) is 0 Å². The number of nitrogens with zero attached hydrogens (tertiary/aromatic N) is 3. The molecule has 3 aliphatic rings. The summed E-state index contributed by atoms with van der Waals surface area (Å²) in [6.45, 7) is 4.25. The second-order valence-corrected chi connectivity index (χ2v) is 9.13. The quantitative estimate of drug-likeness (QED) is 0.497. The van der Waals surface area contributed by atoms with E-state index in [1.807, 2.05) is 39.2 Å². The Kier molecular flexibility index (Phi) is 4.21. The van der Waals surface area contributed by atoms with Gasteiger partial charge in [0, 0.05) is 41.5 Å². The minimum absolute atomic E-state index is 0.0504. The molecule has 0 saturated heterocycles. The Balaban J connectivity index is 1.62. The molecule has 4 heterocycles. The summed E-state index contributed by atoms with van der Waals surface area (Å²) in [5, 5.41) is 1.02. The van der Waals surface area contributed by atoms with Crippen LogP contribution in [-0.4, -0.2) is 47.5 Å². The predicted octanol–water partition coefficient (Wildman–Crippen LogP) is 2.88. The largest absolute Gasteiger partial charge is 0.486 e. The molecule has 2 aromatic heterocycles. The molecule has 1 aliphatic carbocycles. The van der Waals surface area contributed by atoms with Crippen LogP contribution in [0.25, 0.3) is 22.3 Å². The highest BCUT2D eigenvalue weighted by molar-refractivity contribution is 5.94. The summed E-state index contributed by atoms with van der Waals surface area (Å²) in [7, 11) is 4.08. The van der Waals surface area contributed by atoms with Gasteiger partial charge in [0.1, 0.15) is 19.0 Å². The Morgan fingerprint density at radius 2 is 1.84 bits per heavy atom. The molecule has 7 heteroatoms. The molecule has 0 radical (unpaired) electrons. The number of benzene rings is 1. The molecule has 164 valence electrons. The Morgan fingerprint density at radius 1 is 1.09 bits per heavy atom. The number of ether oxygens (including phenoxy) is 2. The average molecular weight is 431 g/mol. The summed E-state index contributed by atoms with van der Waals surface area (Å²) >= 11 is 0. The van der Waals surface area contributed by atoms with Gasteiger partial charge >= 0.3 is 0 Å². The zero-order valence-corrected chi connectivity index (χ0v) is 18.5. The number of hydrogen-bond donors (Lipinski definition) is 0. The Labute approximate surface area is 185 Å². The lowest BCUT2D eigenvalue weighted by atomic mass is 9.96. The van der Waals surface area contributed by atoms with Crippen molar-refractivity contribution in [3.63, 3.8) is 0 Å². The maximum atomic E-state index is 13.4. The van der Waals surface area contributed by atoms with E-state index in [1.165, 1.54) is 0 Å². The maximum absolute atomic E-state index is 13.4. The highest BCUT2D eigenvalue weighted by atomic mass is 16.6. The highest BCUT2D eigenvalue weighted by Gasteiger charge is 2.36. The Hall–Kier alpha value is -3.19. The van der Waals surface area contributed by atoms with Crippen LogP contribution in [0.2, 0.25) is 0 Å². The first-order chi connectivity index (χ1) is 15.5. The summed E-state index contributed by atoms with van der Waals surface area (Å²) < 4.78 is 13.4. The lowest BCUT2D eigenvalue weighted by molar-refractivity contribution is -0.119. The van der Waals surface area contributed by atoms with Crippen LogP contribution in [-0.2, 0) is 24.3 Å². The molecule has 1 unspecified atom stereocenters. The van der Waals surface area contributed by atoms with Gasteiger partial charge in [0.15, 0.2) is 11.5 Å². The number of rotatable bonds is 3. The third kappa shape index (κ3) is 2.67. The van der Waals surface area contributed by atoms with Crippen LogP contribution in [0, 0.1) is 0 Å². The number of ketones is 1. The number of pyridine rings is 2. The van der Waals surface area contributed by atoms with Gasteiger partial charge in [-0.15, -0.1) is 0 Å². The molecule has 0 bridgehead atoms. The van der Waals surface area contributed by atoms with E-state index < -0.39 is 0 Å². The standard InChI is InChI=1S/C25H25N3O4/c1-4-13-14-7-20-24-18(12-28(20)25(30)16(14)8-21(13)29)17(11-27(2)3)15-9-22-23(10-19(15)26-24)32-6-5-31-22/h7,9-10,13H,4-6,8,11-12H2,1-3H3. The summed E-state index contributed by atoms with van der Waals surface area (Å²) in [6.07, 6.45) is 0.951. The van der Waals surface area contributed by atoms with Crippen molar-refractivity contribution in [1.29, 1.82) is 0 Å². The van der Waals surface area contributed by atoms with Gasteiger partial charge in [0.25, 0.3) is 5.56 Å². The molecule has 6 rings (SSSR count). The fraction of sp³-hybridized carbons (Fsp3) is 0.400. The van der Waals surface area contributed by atoms with Gasteiger partial charge in [-0.3, -0.25) is 9.59 Å². The van der Waals surface area contributed by atoms with Crippen molar-refractivity contribution in [3.05, 3.63) is 50.8 Å². The number of Topliss-reactive ketones (excluding diaryl/α,β-unsaturated/α-hetero) is 1. The smallest absolute Gasteiger partial charge is 0.255 e. The number of carbonyl (C=O) groups excluding carboxylic acids is 1. The van der Waals surface area contributed by atoms with E-state index in [4.69, 9.17) is 14.5 Å². The number of hydrogen-bond acceptors (Lipinski definition) is 6. The van der Waals surface area contributed by atoms with Crippen LogP contribution >= 0.6 is 0 Å². The number of fused-ring (bicyclic) bond motifs is 6. The summed E-state index contributed by atoms with van der Waals surface area (Å²) in [4.78, 5) is 33.0. The zero-order valence-electron chi connectivity index (χ0n) is 18.5. The average Bonchev–Trinajstić information content (AvgIpc) is 3.30. The third-order valence-corrected chi connectivity index (χ3v) is 6.86. The van der Waals surface area contributed by atoms with Gasteiger partial charge in [0.05, 0.1) is 23.4 Å². The molecule has 0 fully saturated rings. The normalized spacial score (nSPS) is 18.2. The Bertz CT molecular complexity index is 1370. The van der Waals surface area contributed by atoms with E-state index in [0.717, 1.165) is 51.3 Å². The predicted molar refractivity (Wildman–Crippen MR) is 121 cm³/mol. The molecule has 1 atom stereocenters. The molecule has 3 aromatic rings. The second kappa shape index (κ2) is 6.90. The molecule has 1 aromatic carbocycles. The molecule has 0 saturated carbocycles. The lowest BCUT2D eigenvalue weighted by Gasteiger charge is -2.21. The zero-order chi connectivity index (χ0) is 22.1. The molecule has 0 N–H and O–H groups in total. The highest BCUT2D eigenvalue weighted by Crippen LogP contribution is 2.42. The van der Waals surface area contributed by atoms with Crippen LogP contribution < -0.4 is 15.0 Å². The van der Waals surface area contributed by atoms with Crippen molar-refractivity contribution in [2.45, 2.75) is 38.8 Å². The lowest BCUT2D eigenvalue weighted by Crippen LogP contribution is -2.23. The molecule has 0 spiro atoms. The second-order valence-electron chi connectivity index (χ2n) is 9.13. The van der Waals surface area contributed by atoms with E-state index in [2.05, 4.69) is 4.90 Å². The molecular weight excluding hydrogens is 406 g/mol. The Morgan fingerprint density at radius 3 is 2.56 bits per heavy atom. The van der Waals surface area contributed by atoms with E-state index in [9.17, 15) is 9.59 Å². The van der Waals surface area contributed by atoms with Gasteiger partial charge in [-0.05, 0) is 43.8 Å². The van der Waals surface area contributed by atoms with Crippen molar-refractivity contribution in [1.82, 2.24) is 14.5 Å². The minimum Gasteiger partial charge on any atom is -0.486 e. The van der Waals surface area contributed by atoms with Crippen LogP contribution in [0.3, 0.4) is 0 Å². The summed E-state index contributed by atoms with van der Waals surface area (Å²) in [6, 6.07) is 6.00. The fourth-order valence-corrected chi connectivity index (χ4v) is 5.41. The SMILES string of the molecule is CCC1C(=O)Cc2c1cc1n(c2=O)Cc2c-1nc1cc3c(cc1c2CN(C)C)OCCO3. The van der Waals surface area contributed by atoms with Gasteiger partial charge in [-0.2, -0.15) is 0 Å². The van der Waals surface area contributed by atoms with Crippen LogP contribution in [0.1, 0.15) is 41.5 Å². The fourth-order valence-electron chi connectivity index (χ4n) is 5.41. The van der Waals surface area contributed by atoms with Crippen LogP contribution in [0.15, 0.2) is 23.0 Å². The van der Waals surface area contributed by atoms with Gasteiger partial charge < -0.3 is 18.9 Å². The van der Waals surface area contributed by atoms with Crippen molar-refractivity contribution < 1.29 is 14.3 Å². The molecule has 7 nitrogen and oxygen atoms in total. The first-order valence-corrected chi connectivity index (χ1v) is 11.2. The summed E-state index contributed by atoms with van der Waals surface area (Å²) in [5.41, 5.74) is 6.20. The van der Waals surface area contributed by atoms with Crippen molar-refractivity contribution >= 4 is 16.7 Å². The molecule has 32 heavy (non-hydrogen) atoms. The van der Waals surface area contributed by atoms with E-state index in [-0.39, 0.29) is 23.7 Å². The first-order valence-electron chi connectivity index (χ1n) is 11.2. The van der Waals surface area contributed by atoms with Gasteiger partial charge in [-0.1, -0.05) is 6.92 Å². The first kappa shape index (κ1) is 19.5. The number of aromatic nitrogens is 2. The molecular formula is C25H25N3O4. The van der Waals surface area contributed by atoms with E-state index >= 15 is 0 Å². The van der Waals surface area contributed by atoms with E-state index in [0.29, 0.717) is 37.5 Å². The van der Waals surface area contributed by atoms with Gasteiger partial charge in [-0.25, -0.2) is 4.98 Å². The monoisotopic (exact) mass is 431 g/mol. The van der Waals surface area contributed by atoms with Crippen molar-refractivity contribution in [2.24, 2.45) is 0 Å². The summed E-state index contributed by atoms with van der Waals surface area (Å²) in [5.74, 6) is 1.40.